The van der Waals surface area contributed by atoms with Crippen LogP contribution in [-0.2, 0) is 4.79 Å². The molecule has 1 saturated heterocycles. The number of amides is 1. The van der Waals surface area contributed by atoms with E-state index in [2.05, 4.69) is 31.2 Å². The van der Waals surface area contributed by atoms with E-state index in [0.29, 0.717) is 24.9 Å². The van der Waals surface area contributed by atoms with Gasteiger partial charge in [-0.15, -0.1) is 0 Å². The average molecular weight is 322 g/mol. The Morgan fingerprint density at radius 1 is 1.08 bits per heavy atom. The van der Waals surface area contributed by atoms with Gasteiger partial charge >= 0.3 is 0 Å². The van der Waals surface area contributed by atoms with Gasteiger partial charge < -0.3 is 10.6 Å². The standard InChI is InChI=1S/C21H26N2O/c1-16-12-17(14-22)15-23(16)21(24)13-20(18-8-4-2-5-9-18)19-10-6-3-7-11-19/h2-11,16-17,20H,12-15,22H2,1H3. The Hall–Kier alpha value is -2.13. The van der Waals surface area contributed by atoms with Crippen LogP contribution in [0.4, 0.5) is 0 Å². The van der Waals surface area contributed by atoms with E-state index < -0.39 is 0 Å². The number of hydrogen-bond donors (Lipinski definition) is 1. The Morgan fingerprint density at radius 3 is 2.08 bits per heavy atom. The first-order valence-corrected chi connectivity index (χ1v) is 8.78. The van der Waals surface area contributed by atoms with Gasteiger partial charge in [-0.3, -0.25) is 4.79 Å². The molecule has 1 aliphatic heterocycles. The third-order valence-corrected chi connectivity index (χ3v) is 5.10. The van der Waals surface area contributed by atoms with Crippen LogP contribution in [0.15, 0.2) is 60.7 Å². The summed E-state index contributed by atoms with van der Waals surface area (Å²) in [5.74, 6) is 0.774. The summed E-state index contributed by atoms with van der Waals surface area (Å²) in [6, 6.07) is 20.9. The van der Waals surface area contributed by atoms with E-state index in [-0.39, 0.29) is 11.8 Å². The Bertz CT molecular complexity index is 617. The molecule has 24 heavy (non-hydrogen) atoms. The number of rotatable bonds is 5. The van der Waals surface area contributed by atoms with Gasteiger partial charge in [0, 0.05) is 24.9 Å². The van der Waals surface area contributed by atoms with Gasteiger partial charge in [0.05, 0.1) is 0 Å². The molecule has 0 spiro atoms. The summed E-state index contributed by atoms with van der Waals surface area (Å²) in [4.78, 5) is 15.0. The molecule has 2 aromatic rings. The maximum atomic E-state index is 13.0. The summed E-state index contributed by atoms with van der Waals surface area (Å²) in [5, 5.41) is 0. The lowest BCUT2D eigenvalue weighted by Crippen LogP contribution is -2.35. The van der Waals surface area contributed by atoms with Crippen LogP contribution in [0.3, 0.4) is 0 Å². The third-order valence-electron chi connectivity index (χ3n) is 5.10. The molecule has 2 N–H and O–H groups in total. The van der Waals surface area contributed by atoms with E-state index >= 15 is 0 Å². The second-order valence-corrected chi connectivity index (χ2v) is 6.81. The van der Waals surface area contributed by atoms with Gasteiger partial charge in [-0.1, -0.05) is 60.7 Å². The van der Waals surface area contributed by atoms with Crippen molar-refractivity contribution in [3.8, 4) is 0 Å². The van der Waals surface area contributed by atoms with Crippen molar-refractivity contribution in [2.45, 2.75) is 31.7 Å². The molecule has 1 aliphatic rings. The maximum Gasteiger partial charge on any atom is 0.223 e. The fourth-order valence-corrected chi connectivity index (χ4v) is 3.75. The maximum absolute atomic E-state index is 13.0. The molecule has 2 aromatic carbocycles. The predicted molar refractivity (Wildman–Crippen MR) is 97.7 cm³/mol. The first-order chi connectivity index (χ1) is 11.7. The highest BCUT2D eigenvalue weighted by Gasteiger charge is 2.32. The quantitative estimate of drug-likeness (QED) is 0.917. The van der Waals surface area contributed by atoms with E-state index in [4.69, 9.17) is 5.73 Å². The molecule has 0 bridgehead atoms. The number of likely N-dealkylation sites (tertiary alicyclic amines) is 1. The van der Waals surface area contributed by atoms with Crippen LogP contribution in [0.1, 0.15) is 36.8 Å². The molecule has 1 amide bonds. The van der Waals surface area contributed by atoms with E-state index in [1.54, 1.807) is 0 Å². The monoisotopic (exact) mass is 322 g/mol. The number of hydrogen-bond acceptors (Lipinski definition) is 2. The Kier molecular flexibility index (Phi) is 5.31. The van der Waals surface area contributed by atoms with Gasteiger partial charge in [0.1, 0.15) is 0 Å². The van der Waals surface area contributed by atoms with Crippen molar-refractivity contribution in [3.05, 3.63) is 71.8 Å². The largest absolute Gasteiger partial charge is 0.340 e. The number of nitrogens with two attached hydrogens (primary N) is 1. The van der Waals surface area contributed by atoms with Crippen molar-refractivity contribution in [2.24, 2.45) is 11.7 Å². The van der Waals surface area contributed by atoms with Crippen LogP contribution >= 0.6 is 0 Å². The second kappa shape index (κ2) is 7.63. The normalized spacial score (nSPS) is 20.5. The zero-order chi connectivity index (χ0) is 16.9. The third kappa shape index (κ3) is 3.68. The summed E-state index contributed by atoms with van der Waals surface area (Å²) in [6.07, 6.45) is 1.53. The summed E-state index contributed by atoms with van der Waals surface area (Å²) >= 11 is 0. The Morgan fingerprint density at radius 2 is 1.62 bits per heavy atom. The molecule has 0 saturated carbocycles. The lowest BCUT2D eigenvalue weighted by molar-refractivity contribution is -0.132. The first-order valence-electron chi connectivity index (χ1n) is 8.78. The van der Waals surface area contributed by atoms with Gasteiger partial charge in [-0.2, -0.15) is 0 Å². The molecule has 3 rings (SSSR count). The molecule has 126 valence electrons. The summed E-state index contributed by atoms with van der Waals surface area (Å²) in [6.45, 7) is 3.59. The highest BCUT2D eigenvalue weighted by Crippen LogP contribution is 2.31. The van der Waals surface area contributed by atoms with E-state index in [1.165, 1.54) is 11.1 Å². The molecule has 1 fully saturated rings. The topological polar surface area (TPSA) is 46.3 Å². The van der Waals surface area contributed by atoms with Crippen molar-refractivity contribution in [3.63, 3.8) is 0 Å². The first kappa shape index (κ1) is 16.7. The molecular formula is C21H26N2O. The zero-order valence-electron chi connectivity index (χ0n) is 14.3. The summed E-state index contributed by atoms with van der Waals surface area (Å²) in [5.41, 5.74) is 8.19. The Balaban J connectivity index is 1.81. The highest BCUT2D eigenvalue weighted by molar-refractivity contribution is 5.78. The van der Waals surface area contributed by atoms with Gasteiger partial charge in [0.15, 0.2) is 0 Å². The van der Waals surface area contributed by atoms with Crippen molar-refractivity contribution < 1.29 is 4.79 Å². The van der Waals surface area contributed by atoms with Crippen LogP contribution in [0.2, 0.25) is 0 Å². The van der Waals surface area contributed by atoms with E-state index in [0.717, 1.165) is 13.0 Å². The van der Waals surface area contributed by atoms with Gasteiger partial charge in [-0.05, 0) is 36.9 Å². The molecule has 1 heterocycles. The molecule has 3 nitrogen and oxygen atoms in total. The van der Waals surface area contributed by atoms with E-state index in [9.17, 15) is 4.79 Å². The van der Waals surface area contributed by atoms with Gasteiger partial charge in [0.25, 0.3) is 0 Å². The number of nitrogens with zero attached hydrogens (tertiary/aromatic N) is 1. The Labute approximate surface area is 144 Å². The summed E-state index contributed by atoms with van der Waals surface area (Å²) in [7, 11) is 0. The molecular weight excluding hydrogens is 296 g/mol. The average Bonchev–Trinajstić information content (AvgIpc) is 3.02. The second-order valence-electron chi connectivity index (χ2n) is 6.81. The lowest BCUT2D eigenvalue weighted by Gasteiger charge is -2.25. The van der Waals surface area contributed by atoms with Crippen LogP contribution < -0.4 is 5.73 Å². The fourth-order valence-electron chi connectivity index (χ4n) is 3.75. The van der Waals surface area contributed by atoms with Crippen molar-refractivity contribution in [1.82, 2.24) is 4.90 Å². The number of benzene rings is 2. The van der Waals surface area contributed by atoms with Gasteiger partial charge in [0.2, 0.25) is 5.91 Å². The summed E-state index contributed by atoms with van der Waals surface area (Å²) < 4.78 is 0. The van der Waals surface area contributed by atoms with Crippen LogP contribution in [0.25, 0.3) is 0 Å². The minimum absolute atomic E-state index is 0.101. The van der Waals surface area contributed by atoms with Crippen LogP contribution in [0, 0.1) is 5.92 Å². The molecule has 2 unspecified atom stereocenters. The van der Waals surface area contributed by atoms with Crippen molar-refractivity contribution in [2.75, 3.05) is 13.1 Å². The molecule has 0 aliphatic carbocycles. The number of carbonyl (C=O) groups excluding carboxylic acids is 1. The smallest absolute Gasteiger partial charge is 0.223 e. The lowest BCUT2D eigenvalue weighted by atomic mass is 9.88. The molecule has 0 radical (unpaired) electrons. The molecule has 3 heteroatoms. The highest BCUT2D eigenvalue weighted by atomic mass is 16.2. The van der Waals surface area contributed by atoms with E-state index in [1.807, 2.05) is 41.3 Å². The predicted octanol–water partition coefficient (Wildman–Crippen LogP) is 3.40. The van der Waals surface area contributed by atoms with Crippen molar-refractivity contribution >= 4 is 5.91 Å². The minimum Gasteiger partial charge on any atom is -0.340 e. The number of carbonyl (C=O) groups is 1. The molecule has 0 aromatic heterocycles. The fraction of sp³-hybridized carbons (Fsp3) is 0.381. The van der Waals surface area contributed by atoms with Crippen molar-refractivity contribution in [1.29, 1.82) is 0 Å². The van der Waals surface area contributed by atoms with Gasteiger partial charge in [-0.25, -0.2) is 0 Å². The minimum atomic E-state index is 0.101. The van der Waals surface area contributed by atoms with Crippen LogP contribution in [0.5, 0.6) is 0 Å². The SMILES string of the molecule is CC1CC(CN)CN1C(=O)CC(c1ccccc1)c1ccccc1. The molecule has 2 atom stereocenters. The van der Waals surface area contributed by atoms with Crippen LogP contribution in [-0.4, -0.2) is 29.9 Å². The zero-order valence-corrected chi connectivity index (χ0v) is 14.3.